The Balaban J connectivity index is 0.782. The summed E-state index contributed by atoms with van der Waals surface area (Å²) in [5, 5.41) is 26.2. The number of piperidine rings is 1. The number of pyridine rings is 3. The van der Waals surface area contributed by atoms with Crippen molar-refractivity contribution in [2.24, 2.45) is 11.3 Å². The summed E-state index contributed by atoms with van der Waals surface area (Å²) in [6.07, 6.45) is 15.3. The van der Waals surface area contributed by atoms with Gasteiger partial charge >= 0.3 is 0 Å². The molecule has 1 amide bonds. The minimum atomic E-state index is -4.56. The smallest absolute Gasteiger partial charge is 0.268 e. The molecule has 11 rings (SSSR count). The lowest BCUT2D eigenvalue weighted by Crippen LogP contribution is -2.98. The fourth-order valence-corrected chi connectivity index (χ4v) is 13.6. The van der Waals surface area contributed by atoms with E-state index in [2.05, 4.69) is 90.1 Å². The average Bonchev–Trinajstić information content (AvgIpc) is 4.32. The number of amides is 1. The molecule has 5 aliphatic rings. The summed E-state index contributed by atoms with van der Waals surface area (Å²) in [7, 11) is -1.48. The summed E-state index contributed by atoms with van der Waals surface area (Å²) in [5.41, 5.74) is 5.71. The highest BCUT2D eigenvalue weighted by molar-refractivity contribution is 7.90. The molecule has 78 heavy (non-hydrogen) atoms. The molecule has 0 radical (unpaired) electrons. The van der Waals surface area contributed by atoms with E-state index < -0.39 is 32.4 Å². The van der Waals surface area contributed by atoms with Gasteiger partial charge in [0.25, 0.3) is 15.9 Å². The molecular weight excluding hydrogens is 1010 g/mol. The molecule has 3 saturated carbocycles. The van der Waals surface area contributed by atoms with Crippen LogP contribution in [0.3, 0.4) is 0 Å². The van der Waals surface area contributed by atoms with Crippen LogP contribution in [0.1, 0.15) is 136 Å². The normalized spacial score (nSPS) is 22.6. The molecule has 2 aliphatic heterocycles. The summed E-state index contributed by atoms with van der Waals surface area (Å²) < 4.78 is 57.0. The van der Waals surface area contributed by atoms with Crippen molar-refractivity contribution in [3.8, 4) is 17.2 Å². The quantitative estimate of drug-likeness (QED) is 0.0542. The van der Waals surface area contributed by atoms with Crippen LogP contribution >= 0.6 is 0 Å². The van der Waals surface area contributed by atoms with Crippen molar-refractivity contribution < 1.29 is 37.2 Å². The van der Waals surface area contributed by atoms with Crippen LogP contribution in [0.2, 0.25) is 0 Å². The molecule has 3 aliphatic carbocycles. The maximum absolute atomic E-state index is 14.8. The number of hydroxylamine groups is 1. The summed E-state index contributed by atoms with van der Waals surface area (Å²) in [5.74, 6) is 1.04. The number of hydrogen-bond acceptors (Lipinski definition) is 14. The van der Waals surface area contributed by atoms with Crippen LogP contribution in [-0.4, -0.2) is 114 Å². The number of quaternary nitrogens is 1. The SMILES string of the molecule is COc1cc(CN2CCN(C3CC4(CCN(c5ccc(C(=O)NS(=O)(=O)c6cnc(NC[C@H]7CC[C@](C)(O)CC7)c([NH+](C)[O-])c6)c(Oc6cnc7[nH]cc(F)c7c6)c5)CC4)C3)C(c3ccccc3C(C)C)C2)cnc1C1CC1. The molecule has 5 fully saturated rings. The van der Waals surface area contributed by atoms with Gasteiger partial charge in [-0.3, -0.25) is 19.6 Å². The molecular formula is C59H73FN10O7S. The van der Waals surface area contributed by atoms with E-state index in [4.69, 9.17) is 14.5 Å². The number of halogens is 1. The van der Waals surface area contributed by atoms with Crippen molar-refractivity contribution >= 4 is 44.2 Å². The van der Waals surface area contributed by atoms with E-state index in [1.807, 2.05) is 6.92 Å². The van der Waals surface area contributed by atoms with E-state index in [0.717, 1.165) is 101 Å². The Kier molecular flexibility index (Phi) is 15.0. The first-order valence-electron chi connectivity index (χ1n) is 27.8. The lowest BCUT2D eigenvalue weighted by Gasteiger charge is -2.58. The third-order valence-electron chi connectivity index (χ3n) is 17.4. The standard InChI is InChI=1S/C59H73FN10O7S/c1-37(2)45-8-6-7-9-46(45)51-36-68(35-39-24-53(76-5)54(61-31-39)40-10-11-40)22-23-70(51)42-28-59(29-42)18-20-69(21-19-59)41-12-13-47(52(25-41)77-43-26-48-49(60)34-65-55(48)63-32-43)57(71)66-78(74,75)44-27-50(67(4)73)56(64-33-44)62-30-38-14-16-58(3,72)17-15-38/h6-9,12-13,24-27,31-34,37-38,40,42,51,67,72H,10-11,14-23,28-30,35-36H2,1-5H3,(H,62,64)(H,63,65)(H,66,71)/t38-,51?,58-. The summed E-state index contributed by atoms with van der Waals surface area (Å²) >= 11 is 0. The Morgan fingerprint density at radius 1 is 0.949 bits per heavy atom. The molecule has 2 atom stereocenters. The van der Waals surface area contributed by atoms with Crippen LogP contribution < -0.4 is 29.5 Å². The highest BCUT2D eigenvalue weighted by Crippen LogP contribution is 2.54. The molecule has 6 aromatic rings. The molecule has 6 heterocycles. The number of carbonyl (C=O) groups is 1. The van der Waals surface area contributed by atoms with Crippen molar-refractivity contribution in [1.82, 2.24) is 34.5 Å². The lowest BCUT2D eigenvalue weighted by molar-refractivity contribution is -0.751. The van der Waals surface area contributed by atoms with Crippen molar-refractivity contribution in [2.75, 3.05) is 63.6 Å². The molecule has 4 aromatic heterocycles. The average molecular weight is 1090 g/mol. The predicted octanol–water partition coefficient (Wildman–Crippen LogP) is 8.72. The number of aliphatic hydroxyl groups is 1. The molecule has 1 spiro atoms. The van der Waals surface area contributed by atoms with Gasteiger partial charge in [-0.15, -0.1) is 0 Å². The first kappa shape index (κ1) is 53.8. The number of fused-ring (bicyclic) bond motifs is 1. The largest absolute Gasteiger partial charge is 0.629 e. The number of aromatic amines is 1. The van der Waals surface area contributed by atoms with Crippen LogP contribution in [0.25, 0.3) is 11.0 Å². The Morgan fingerprint density at radius 2 is 1.72 bits per heavy atom. The number of H-pyrrole nitrogens is 1. The third kappa shape index (κ3) is 11.5. The van der Waals surface area contributed by atoms with Crippen molar-refractivity contribution in [1.29, 1.82) is 0 Å². The van der Waals surface area contributed by atoms with Crippen molar-refractivity contribution in [2.45, 2.75) is 126 Å². The first-order chi connectivity index (χ1) is 37.4. The fourth-order valence-electron chi connectivity index (χ4n) is 12.6. The van der Waals surface area contributed by atoms with E-state index in [9.17, 15) is 27.9 Å². The first-order valence-corrected chi connectivity index (χ1v) is 29.3. The van der Waals surface area contributed by atoms with E-state index in [-0.39, 0.29) is 56.2 Å². The minimum Gasteiger partial charge on any atom is -0.629 e. The van der Waals surface area contributed by atoms with Crippen molar-refractivity contribution in [3.05, 3.63) is 124 Å². The summed E-state index contributed by atoms with van der Waals surface area (Å²) in [6, 6.07) is 19.7. The Hall–Kier alpha value is -6.22. The van der Waals surface area contributed by atoms with Gasteiger partial charge in [0.15, 0.2) is 11.5 Å². The van der Waals surface area contributed by atoms with E-state index >= 15 is 0 Å². The highest BCUT2D eigenvalue weighted by Gasteiger charge is 2.50. The van der Waals surface area contributed by atoms with Gasteiger partial charge in [-0.25, -0.2) is 27.5 Å². The van der Waals surface area contributed by atoms with Crippen LogP contribution in [0.4, 0.5) is 21.6 Å². The zero-order valence-electron chi connectivity index (χ0n) is 45.4. The maximum Gasteiger partial charge on any atom is 0.268 e. The summed E-state index contributed by atoms with van der Waals surface area (Å²) in [4.78, 5) is 37.8. The molecule has 2 saturated heterocycles. The van der Waals surface area contributed by atoms with Crippen LogP contribution in [0.15, 0.2) is 90.3 Å². The third-order valence-corrected chi connectivity index (χ3v) is 18.7. The predicted molar refractivity (Wildman–Crippen MR) is 297 cm³/mol. The number of nitrogens with zero attached hydrogens (tertiary/aromatic N) is 6. The Morgan fingerprint density at radius 3 is 2.45 bits per heavy atom. The lowest BCUT2D eigenvalue weighted by atomic mass is 9.59. The van der Waals surface area contributed by atoms with Gasteiger partial charge in [-0.1, -0.05) is 38.1 Å². The van der Waals surface area contributed by atoms with Crippen molar-refractivity contribution in [3.63, 3.8) is 0 Å². The molecule has 2 unspecified atom stereocenters. The van der Waals surface area contributed by atoms with E-state index in [0.29, 0.717) is 42.9 Å². The summed E-state index contributed by atoms with van der Waals surface area (Å²) in [6.45, 7) is 12.2. The molecule has 2 aromatic carbocycles. The number of sulfonamides is 1. The van der Waals surface area contributed by atoms with E-state index in [1.54, 1.807) is 25.3 Å². The van der Waals surface area contributed by atoms with Crippen LogP contribution in [0, 0.1) is 22.4 Å². The monoisotopic (exact) mass is 1080 g/mol. The van der Waals surface area contributed by atoms with Gasteiger partial charge in [0.05, 0.1) is 48.8 Å². The van der Waals surface area contributed by atoms with Gasteiger partial charge in [0.2, 0.25) is 0 Å². The second-order valence-electron chi connectivity index (χ2n) is 23.4. The Bertz CT molecular complexity index is 3270. The number of hydrogen-bond donors (Lipinski definition) is 5. The second kappa shape index (κ2) is 21.8. The van der Waals surface area contributed by atoms with Gasteiger partial charge in [0.1, 0.15) is 33.6 Å². The van der Waals surface area contributed by atoms with Gasteiger partial charge in [-0.2, -0.15) is 0 Å². The molecule has 5 N–H and O–H groups in total. The number of benzene rings is 2. The number of anilines is 2. The van der Waals surface area contributed by atoms with Gasteiger partial charge in [0, 0.05) is 94.0 Å². The topological polar surface area (TPSA) is 206 Å². The van der Waals surface area contributed by atoms with Gasteiger partial charge in [-0.05, 0) is 129 Å². The van der Waals surface area contributed by atoms with E-state index in [1.165, 1.54) is 61.1 Å². The Labute approximate surface area is 456 Å². The zero-order chi connectivity index (χ0) is 54.5. The minimum absolute atomic E-state index is 0.0603. The van der Waals surface area contributed by atoms with Crippen LogP contribution in [-0.2, 0) is 16.6 Å². The highest BCUT2D eigenvalue weighted by atomic mass is 32.2. The number of ether oxygens (including phenoxy) is 2. The molecule has 17 nitrogen and oxygen atoms in total. The molecule has 0 bridgehead atoms. The van der Waals surface area contributed by atoms with Crippen LogP contribution in [0.5, 0.6) is 17.2 Å². The number of piperazine rings is 1. The number of carbonyl (C=O) groups excluding carboxylic acids is 1. The number of nitrogens with one attached hydrogen (secondary N) is 4. The number of aromatic nitrogens is 4. The number of rotatable bonds is 17. The molecule has 19 heteroatoms. The fraction of sp³-hybridized carbons (Fsp3) is 0.492. The van der Waals surface area contributed by atoms with Gasteiger partial charge < -0.3 is 40.1 Å². The second-order valence-corrected chi connectivity index (χ2v) is 25.1. The molecule has 414 valence electrons. The number of methoxy groups -OCH3 is 1. The zero-order valence-corrected chi connectivity index (χ0v) is 46.2. The maximum atomic E-state index is 14.8.